The van der Waals surface area contributed by atoms with Crippen LogP contribution < -0.4 is 0 Å². The lowest BCUT2D eigenvalue weighted by molar-refractivity contribution is -0.102. The summed E-state index contributed by atoms with van der Waals surface area (Å²) in [4.78, 5) is 0. The van der Waals surface area contributed by atoms with Crippen molar-refractivity contribution < 1.29 is 9.84 Å². The van der Waals surface area contributed by atoms with Gasteiger partial charge in [-0.3, -0.25) is 0 Å². The predicted molar refractivity (Wildman–Crippen MR) is 71.5 cm³/mol. The quantitative estimate of drug-likeness (QED) is 0.865. The Balaban J connectivity index is 1.58. The Morgan fingerprint density at radius 3 is 2.61 bits per heavy atom. The van der Waals surface area contributed by atoms with E-state index in [0.29, 0.717) is 11.8 Å². The number of aliphatic hydroxyl groups excluding tert-OH is 1. The molecule has 0 aliphatic heterocycles. The van der Waals surface area contributed by atoms with E-state index < -0.39 is 0 Å². The second-order valence-corrected chi connectivity index (χ2v) is 5.93. The number of benzene rings is 1. The summed E-state index contributed by atoms with van der Waals surface area (Å²) in [5.74, 6) is 1.01. The summed E-state index contributed by atoms with van der Waals surface area (Å²) in [7, 11) is 1.79. The highest BCUT2D eigenvalue weighted by atomic mass is 16.5. The minimum Gasteiger partial charge on any atom is -0.393 e. The van der Waals surface area contributed by atoms with E-state index in [2.05, 4.69) is 24.3 Å². The van der Waals surface area contributed by atoms with Crippen LogP contribution in [0.25, 0.3) is 0 Å². The maximum absolute atomic E-state index is 10.4. The van der Waals surface area contributed by atoms with E-state index in [4.69, 9.17) is 4.74 Å². The predicted octanol–water partition coefficient (Wildman–Crippen LogP) is 3.11. The van der Waals surface area contributed by atoms with Crippen LogP contribution in [0, 0.1) is 5.92 Å². The molecule has 0 spiro atoms. The van der Waals surface area contributed by atoms with Crippen LogP contribution in [0.2, 0.25) is 0 Å². The highest BCUT2D eigenvalue weighted by Crippen LogP contribution is 2.52. The fourth-order valence-corrected chi connectivity index (χ4v) is 3.32. The number of aliphatic hydroxyl groups is 1. The molecule has 2 saturated carbocycles. The molecule has 0 heterocycles. The number of rotatable bonds is 5. The highest BCUT2D eigenvalue weighted by Gasteiger charge is 2.47. The summed E-state index contributed by atoms with van der Waals surface area (Å²) in [6.07, 6.45) is 5.22. The molecule has 0 amide bonds. The van der Waals surface area contributed by atoms with E-state index in [0.717, 1.165) is 25.7 Å². The Labute approximate surface area is 109 Å². The summed E-state index contributed by atoms with van der Waals surface area (Å²) >= 11 is 0. The molecule has 2 aliphatic rings. The van der Waals surface area contributed by atoms with E-state index in [1.165, 1.54) is 12.0 Å². The van der Waals surface area contributed by atoms with Gasteiger partial charge < -0.3 is 9.84 Å². The van der Waals surface area contributed by atoms with Gasteiger partial charge in [-0.1, -0.05) is 30.3 Å². The summed E-state index contributed by atoms with van der Waals surface area (Å²) in [6.45, 7) is 0. The van der Waals surface area contributed by atoms with Gasteiger partial charge in [-0.25, -0.2) is 0 Å². The van der Waals surface area contributed by atoms with Crippen molar-refractivity contribution in [1.29, 1.82) is 0 Å². The Morgan fingerprint density at radius 1 is 1.33 bits per heavy atom. The maximum atomic E-state index is 10.4. The van der Waals surface area contributed by atoms with Crippen LogP contribution in [0.3, 0.4) is 0 Å². The van der Waals surface area contributed by atoms with Crippen molar-refractivity contribution in [1.82, 2.24) is 0 Å². The average Bonchev–Trinajstić information content (AvgIpc) is 3.15. The lowest BCUT2D eigenvalue weighted by atomic mass is 9.75. The molecule has 2 fully saturated rings. The van der Waals surface area contributed by atoms with Gasteiger partial charge in [0.1, 0.15) is 0 Å². The Kier molecular flexibility index (Phi) is 3.16. The molecule has 0 saturated heterocycles. The second kappa shape index (κ2) is 4.67. The fraction of sp³-hybridized carbons (Fsp3) is 0.625. The zero-order chi connectivity index (χ0) is 12.6. The van der Waals surface area contributed by atoms with Gasteiger partial charge in [-0.15, -0.1) is 0 Å². The lowest BCUT2D eigenvalue weighted by Crippen LogP contribution is -2.42. The van der Waals surface area contributed by atoms with Gasteiger partial charge in [-0.05, 0) is 43.1 Å². The van der Waals surface area contributed by atoms with Crippen LogP contribution in [0.4, 0.5) is 0 Å². The smallest absolute Gasteiger partial charge is 0.0703 e. The van der Waals surface area contributed by atoms with Gasteiger partial charge in [0.25, 0.3) is 0 Å². The molecule has 2 heteroatoms. The van der Waals surface area contributed by atoms with Crippen LogP contribution >= 0.6 is 0 Å². The van der Waals surface area contributed by atoms with Gasteiger partial charge in [-0.2, -0.15) is 0 Å². The molecule has 0 radical (unpaired) electrons. The molecule has 2 nitrogen and oxygen atoms in total. The molecule has 1 N–H and O–H groups in total. The standard InChI is InChI=1S/C16H22O2/c1-18-16(8-5-9-16)11-15(17)14-10-13(14)12-6-3-2-4-7-12/h2-4,6-7,13-15,17H,5,8-11H2,1H3. The largest absolute Gasteiger partial charge is 0.393 e. The monoisotopic (exact) mass is 246 g/mol. The van der Waals surface area contributed by atoms with Gasteiger partial charge in [0.05, 0.1) is 11.7 Å². The first-order valence-electron chi connectivity index (χ1n) is 7.02. The van der Waals surface area contributed by atoms with Gasteiger partial charge in [0.15, 0.2) is 0 Å². The molecule has 0 aromatic heterocycles. The van der Waals surface area contributed by atoms with Crippen molar-refractivity contribution in [3.63, 3.8) is 0 Å². The maximum Gasteiger partial charge on any atom is 0.0703 e. The van der Waals surface area contributed by atoms with E-state index in [1.807, 2.05) is 6.07 Å². The van der Waals surface area contributed by atoms with E-state index in [1.54, 1.807) is 7.11 Å². The minimum absolute atomic E-state index is 0.0107. The van der Waals surface area contributed by atoms with E-state index in [9.17, 15) is 5.11 Å². The fourth-order valence-electron chi connectivity index (χ4n) is 3.32. The summed E-state index contributed by atoms with van der Waals surface area (Å²) < 4.78 is 5.60. The number of ether oxygens (including phenoxy) is 1. The molecule has 2 aliphatic carbocycles. The number of methoxy groups -OCH3 is 1. The van der Waals surface area contributed by atoms with E-state index >= 15 is 0 Å². The second-order valence-electron chi connectivity index (χ2n) is 5.93. The first-order valence-corrected chi connectivity index (χ1v) is 7.02. The van der Waals surface area contributed by atoms with Crippen LogP contribution in [0.5, 0.6) is 0 Å². The van der Waals surface area contributed by atoms with Gasteiger partial charge in [0.2, 0.25) is 0 Å². The minimum atomic E-state index is -0.199. The third-order valence-corrected chi connectivity index (χ3v) is 4.84. The molecule has 3 unspecified atom stereocenters. The van der Waals surface area contributed by atoms with Crippen LogP contribution in [-0.4, -0.2) is 23.9 Å². The molecular formula is C16H22O2. The molecule has 1 aromatic rings. The van der Waals surface area contributed by atoms with Crippen LogP contribution in [0.1, 0.15) is 43.6 Å². The van der Waals surface area contributed by atoms with Crippen molar-refractivity contribution in [3.05, 3.63) is 35.9 Å². The van der Waals surface area contributed by atoms with Crippen molar-refractivity contribution in [2.75, 3.05) is 7.11 Å². The lowest BCUT2D eigenvalue weighted by Gasteiger charge is -2.42. The van der Waals surface area contributed by atoms with E-state index in [-0.39, 0.29) is 11.7 Å². The molecular weight excluding hydrogens is 224 g/mol. The van der Waals surface area contributed by atoms with Gasteiger partial charge in [0, 0.05) is 13.5 Å². The highest BCUT2D eigenvalue weighted by molar-refractivity contribution is 5.26. The molecule has 18 heavy (non-hydrogen) atoms. The summed E-state index contributed by atoms with van der Waals surface area (Å²) in [6, 6.07) is 10.6. The topological polar surface area (TPSA) is 29.5 Å². The Hall–Kier alpha value is -0.860. The zero-order valence-electron chi connectivity index (χ0n) is 11.0. The number of hydrogen-bond acceptors (Lipinski definition) is 2. The summed E-state index contributed by atoms with van der Waals surface area (Å²) in [5, 5.41) is 10.4. The summed E-state index contributed by atoms with van der Waals surface area (Å²) in [5.41, 5.74) is 1.37. The third kappa shape index (κ3) is 2.19. The molecule has 98 valence electrons. The normalized spacial score (nSPS) is 30.6. The first-order chi connectivity index (χ1) is 8.74. The zero-order valence-corrected chi connectivity index (χ0v) is 11.0. The Morgan fingerprint density at radius 2 is 2.06 bits per heavy atom. The van der Waals surface area contributed by atoms with Gasteiger partial charge >= 0.3 is 0 Å². The van der Waals surface area contributed by atoms with Crippen molar-refractivity contribution in [2.24, 2.45) is 5.92 Å². The number of hydrogen-bond donors (Lipinski definition) is 1. The SMILES string of the molecule is COC1(CC(O)C2CC2c2ccccc2)CCC1. The van der Waals surface area contributed by atoms with Crippen molar-refractivity contribution in [2.45, 2.75) is 49.7 Å². The average molecular weight is 246 g/mol. The molecule has 0 bridgehead atoms. The van der Waals surface area contributed by atoms with Crippen molar-refractivity contribution in [3.8, 4) is 0 Å². The molecule has 3 atom stereocenters. The Bertz CT molecular complexity index is 391. The van der Waals surface area contributed by atoms with Crippen LogP contribution in [0.15, 0.2) is 30.3 Å². The molecule has 1 aromatic carbocycles. The third-order valence-electron chi connectivity index (χ3n) is 4.84. The first kappa shape index (κ1) is 12.2. The van der Waals surface area contributed by atoms with Crippen LogP contribution in [-0.2, 0) is 4.74 Å². The molecule has 3 rings (SSSR count). The van der Waals surface area contributed by atoms with Crippen molar-refractivity contribution >= 4 is 0 Å².